The maximum absolute atomic E-state index is 8.14. The van der Waals surface area contributed by atoms with Crippen molar-refractivity contribution in [3.63, 3.8) is 0 Å². The zero-order chi connectivity index (χ0) is 12.9. The van der Waals surface area contributed by atoms with Crippen molar-refractivity contribution in [2.75, 3.05) is 19.8 Å². The Bertz CT molecular complexity index is 82.7. The molecule has 0 aliphatic rings. The van der Waals surface area contributed by atoms with Crippen molar-refractivity contribution in [1.29, 1.82) is 0 Å². The fourth-order valence-electron chi connectivity index (χ4n) is 0. The van der Waals surface area contributed by atoms with E-state index in [0.29, 0.717) is 37.6 Å². The zero-order valence-electron chi connectivity index (χ0n) is 12.1. The number of hydrogen-bond donors (Lipinski definition) is 3. The molecule has 17 heavy (non-hydrogen) atoms. The van der Waals surface area contributed by atoms with E-state index < -0.39 is 0 Å². The summed E-state index contributed by atoms with van der Waals surface area (Å²) in [5.41, 5.74) is 0. The van der Waals surface area contributed by atoms with E-state index in [9.17, 15) is 0 Å². The normalized spacial score (nSPS) is 8.47. The Kier molecular flexibility index (Phi) is 46.8. The molecular weight excluding hydrogens is 320 g/mol. The molecule has 0 unspecified atom stereocenters. The first kappa shape index (κ1) is 30.8. The van der Waals surface area contributed by atoms with Crippen LogP contribution in [0.15, 0.2) is 0 Å². The second kappa shape index (κ2) is 25.8. The summed E-state index contributed by atoms with van der Waals surface area (Å²) < 4.78 is 0. The minimum atomic E-state index is 0. The van der Waals surface area contributed by atoms with Crippen LogP contribution in [0.5, 0.6) is 0 Å². The largest absolute Gasteiger partial charge is 1.00 e. The van der Waals surface area contributed by atoms with Gasteiger partial charge in [-0.3, -0.25) is 0 Å². The number of aliphatic hydroxyl groups is 3. The Morgan fingerprint density at radius 3 is 0.647 bits per heavy atom. The SMILES string of the molecule is CC(C)CO.CC(C)CO.CC(C)CO.[Br-].[Ti]. The van der Waals surface area contributed by atoms with Gasteiger partial charge in [-0.1, -0.05) is 41.5 Å². The van der Waals surface area contributed by atoms with Crippen LogP contribution in [0.2, 0.25) is 0 Å². The minimum Gasteiger partial charge on any atom is -1.00 e. The molecular formula is C12H30BrO3Ti-. The molecule has 0 amide bonds. The first-order valence-electron chi connectivity index (χ1n) is 5.64. The van der Waals surface area contributed by atoms with Crippen LogP contribution in [0, 0.1) is 17.8 Å². The summed E-state index contributed by atoms with van der Waals surface area (Å²) in [6, 6.07) is 0. The molecule has 5 heteroatoms. The molecule has 0 spiro atoms. The number of rotatable bonds is 3. The van der Waals surface area contributed by atoms with Crippen molar-refractivity contribution in [2.45, 2.75) is 41.5 Å². The van der Waals surface area contributed by atoms with Crippen LogP contribution in [0.25, 0.3) is 0 Å². The summed E-state index contributed by atoms with van der Waals surface area (Å²) in [5, 5.41) is 24.4. The van der Waals surface area contributed by atoms with Gasteiger partial charge in [0.15, 0.2) is 0 Å². The molecule has 108 valence electrons. The van der Waals surface area contributed by atoms with Crippen molar-refractivity contribution in [1.82, 2.24) is 0 Å². The van der Waals surface area contributed by atoms with Gasteiger partial charge in [0.05, 0.1) is 0 Å². The average molecular weight is 350 g/mol. The molecule has 0 heterocycles. The second-order valence-electron chi connectivity index (χ2n) is 4.73. The van der Waals surface area contributed by atoms with Gasteiger partial charge in [-0.2, -0.15) is 0 Å². The maximum atomic E-state index is 8.14. The molecule has 3 N–H and O–H groups in total. The molecule has 3 nitrogen and oxygen atoms in total. The zero-order valence-corrected chi connectivity index (χ0v) is 15.2. The van der Waals surface area contributed by atoms with Crippen LogP contribution in [0.1, 0.15) is 41.5 Å². The molecule has 0 aromatic rings. The molecule has 0 rings (SSSR count). The first-order chi connectivity index (χ1) is 6.81. The van der Waals surface area contributed by atoms with E-state index in [0.717, 1.165) is 0 Å². The van der Waals surface area contributed by atoms with E-state index in [2.05, 4.69) is 0 Å². The molecule has 0 aliphatic heterocycles. The Morgan fingerprint density at radius 2 is 0.647 bits per heavy atom. The molecule has 0 aliphatic carbocycles. The van der Waals surface area contributed by atoms with E-state index in [-0.39, 0.29) is 38.7 Å². The third-order valence-corrected chi connectivity index (χ3v) is 1.10. The molecule has 0 aromatic carbocycles. The van der Waals surface area contributed by atoms with E-state index in [1.54, 1.807) is 0 Å². The maximum Gasteiger partial charge on any atom is 0.0453 e. The van der Waals surface area contributed by atoms with Gasteiger partial charge >= 0.3 is 0 Å². The van der Waals surface area contributed by atoms with Crippen molar-refractivity contribution in [3.05, 3.63) is 0 Å². The van der Waals surface area contributed by atoms with Crippen LogP contribution < -0.4 is 17.0 Å². The Hall–Kier alpha value is 1.07. The summed E-state index contributed by atoms with van der Waals surface area (Å²) in [6.07, 6.45) is 0. The quantitative estimate of drug-likeness (QED) is 0.567. The summed E-state index contributed by atoms with van der Waals surface area (Å²) in [7, 11) is 0. The standard InChI is InChI=1S/3C4H10O.BrH.Ti/c3*1-4(2)3-5;;/h3*4-5H,3H2,1-2H3;1H;/p-1. The predicted molar refractivity (Wildman–Crippen MR) is 65.8 cm³/mol. The Morgan fingerprint density at radius 1 is 0.588 bits per heavy atom. The van der Waals surface area contributed by atoms with Crippen molar-refractivity contribution in [2.24, 2.45) is 17.8 Å². The van der Waals surface area contributed by atoms with Gasteiger partial charge in [0.1, 0.15) is 0 Å². The first-order valence-corrected chi connectivity index (χ1v) is 5.64. The van der Waals surface area contributed by atoms with Crippen LogP contribution in [-0.4, -0.2) is 35.1 Å². The third-order valence-electron chi connectivity index (χ3n) is 1.10. The van der Waals surface area contributed by atoms with E-state index in [1.165, 1.54) is 0 Å². The number of aliphatic hydroxyl groups excluding tert-OH is 3. The van der Waals surface area contributed by atoms with Crippen LogP contribution in [0.3, 0.4) is 0 Å². The second-order valence-corrected chi connectivity index (χ2v) is 4.73. The molecule has 0 saturated heterocycles. The topological polar surface area (TPSA) is 60.7 Å². The van der Waals surface area contributed by atoms with Gasteiger partial charge in [0, 0.05) is 41.5 Å². The number of halogens is 1. The van der Waals surface area contributed by atoms with Crippen LogP contribution in [0.4, 0.5) is 0 Å². The van der Waals surface area contributed by atoms with Crippen molar-refractivity contribution < 1.29 is 54.0 Å². The van der Waals surface area contributed by atoms with Gasteiger partial charge in [-0.25, -0.2) is 0 Å². The minimum absolute atomic E-state index is 0. The third kappa shape index (κ3) is 77.5. The van der Waals surface area contributed by atoms with E-state index in [4.69, 9.17) is 15.3 Å². The van der Waals surface area contributed by atoms with Gasteiger partial charge in [0.2, 0.25) is 0 Å². The van der Waals surface area contributed by atoms with E-state index in [1.807, 2.05) is 41.5 Å². The summed E-state index contributed by atoms with van der Waals surface area (Å²) in [5.74, 6) is 1.32. The summed E-state index contributed by atoms with van der Waals surface area (Å²) >= 11 is 0. The number of hydrogen-bond acceptors (Lipinski definition) is 3. The van der Waals surface area contributed by atoms with Gasteiger partial charge in [-0.15, -0.1) is 0 Å². The fraction of sp³-hybridized carbons (Fsp3) is 1.00. The monoisotopic (exact) mass is 349 g/mol. The van der Waals surface area contributed by atoms with Gasteiger partial charge in [0.25, 0.3) is 0 Å². The van der Waals surface area contributed by atoms with Gasteiger partial charge in [-0.05, 0) is 17.8 Å². The summed E-state index contributed by atoms with van der Waals surface area (Å²) in [4.78, 5) is 0. The molecule has 0 radical (unpaired) electrons. The van der Waals surface area contributed by atoms with Gasteiger partial charge < -0.3 is 32.3 Å². The van der Waals surface area contributed by atoms with Crippen LogP contribution >= 0.6 is 0 Å². The fourth-order valence-corrected chi connectivity index (χ4v) is 0. The summed E-state index contributed by atoms with van der Waals surface area (Å²) in [6.45, 7) is 12.7. The van der Waals surface area contributed by atoms with Crippen molar-refractivity contribution >= 4 is 0 Å². The van der Waals surface area contributed by atoms with Crippen molar-refractivity contribution in [3.8, 4) is 0 Å². The molecule has 0 saturated carbocycles. The predicted octanol–water partition coefficient (Wildman–Crippen LogP) is -1.09. The Labute approximate surface area is 133 Å². The molecule has 0 bridgehead atoms. The molecule has 0 aromatic heterocycles. The molecule has 0 atom stereocenters. The van der Waals surface area contributed by atoms with E-state index >= 15 is 0 Å². The smallest absolute Gasteiger partial charge is 0.0453 e. The average Bonchev–Trinajstić information content (AvgIpc) is 2.19. The van der Waals surface area contributed by atoms with Crippen LogP contribution in [-0.2, 0) is 21.7 Å². The Balaban J connectivity index is -0.0000000400. The molecule has 0 fully saturated rings.